The van der Waals surface area contributed by atoms with Crippen LogP contribution < -0.4 is 4.90 Å². The third-order valence-corrected chi connectivity index (χ3v) is 4.65. The fourth-order valence-corrected chi connectivity index (χ4v) is 3.37. The van der Waals surface area contributed by atoms with Crippen LogP contribution in [0, 0.1) is 0 Å². The van der Waals surface area contributed by atoms with Crippen molar-refractivity contribution in [3.05, 3.63) is 36.5 Å². The number of aromatic nitrogens is 5. The summed E-state index contributed by atoms with van der Waals surface area (Å²) in [6.45, 7) is 1.74. The zero-order chi connectivity index (χ0) is 17.4. The number of halogens is 2. The lowest BCUT2D eigenvalue weighted by atomic mass is 10.1. The largest absolute Gasteiger partial charge is 0.355 e. The molecule has 0 amide bonds. The van der Waals surface area contributed by atoms with E-state index in [1.54, 1.807) is 16.8 Å². The standard InChI is InChI=1S/C16H16F2N6S/c17-15(18)11-9-24-12(6-21-14(24)7-20-11)16-19-4-3-13(22-16)23-5-1-2-10(25)8-23/h3-4,6-7,9-10,15,25H,1-2,5,8H2. The highest BCUT2D eigenvalue weighted by molar-refractivity contribution is 7.81. The zero-order valence-electron chi connectivity index (χ0n) is 13.3. The molecule has 1 fully saturated rings. The number of rotatable bonds is 3. The molecule has 1 saturated heterocycles. The van der Waals surface area contributed by atoms with Crippen molar-refractivity contribution in [3.63, 3.8) is 0 Å². The molecule has 4 heterocycles. The molecule has 1 aliphatic heterocycles. The molecule has 1 aliphatic rings. The molecule has 25 heavy (non-hydrogen) atoms. The molecule has 3 aromatic rings. The number of thiol groups is 1. The van der Waals surface area contributed by atoms with Crippen LogP contribution in [-0.4, -0.2) is 42.7 Å². The van der Waals surface area contributed by atoms with Gasteiger partial charge in [0.15, 0.2) is 11.5 Å². The number of nitrogens with zero attached hydrogens (tertiary/aromatic N) is 6. The minimum atomic E-state index is -2.65. The molecular weight excluding hydrogens is 346 g/mol. The average molecular weight is 362 g/mol. The number of hydrogen-bond donors (Lipinski definition) is 1. The Morgan fingerprint density at radius 3 is 2.88 bits per heavy atom. The van der Waals surface area contributed by atoms with Crippen molar-refractivity contribution in [1.29, 1.82) is 0 Å². The minimum Gasteiger partial charge on any atom is -0.355 e. The molecule has 0 aromatic carbocycles. The minimum absolute atomic E-state index is 0.308. The van der Waals surface area contributed by atoms with Gasteiger partial charge in [-0.2, -0.15) is 12.6 Å². The quantitative estimate of drug-likeness (QED) is 0.726. The molecule has 1 atom stereocenters. The number of piperidine rings is 1. The number of alkyl halides is 2. The molecule has 0 spiro atoms. The summed E-state index contributed by atoms with van der Waals surface area (Å²) < 4.78 is 27.4. The predicted octanol–water partition coefficient (Wildman–Crippen LogP) is 3.02. The number of fused-ring (bicyclic) bond motifs is 1. The summed E-state index contributed by atoms with van der Waals surface area (Å²) in [5, 5.41) is 0.322. The fraction of sp³-hybridized carbons (Fsp3) is 0.375. The first kappa shape index (κ1) is 16.2. The van der Waals surface area contributed by atoms with E-state index in [1.165, 1.54) is 12.4 Å². The van der Waals surface area contributed by atoms with E-state index in [0.717, 1.165) is 31.7 Å². The van der Waals surface area contributed by atoms with Gasteiger partial charge in [-0.3, -0.25) is 4.40 Å². The van der Waals surface area contributed by atoms with Gasteiger partial charge in [-0.25, -0.2) is 28.7 Å². The Bertz CT molecular complexity index is 899. The van der Waals surface area contributed by atoms with Gasteiger partial charge in [-0.15, -0.1) is 0 Å². The maximum Gasteiger partial charge on any atom is 0.281 e. The molecule has 3 aromatic heterocycles. The van der Waals surface area contributed by atoms with Gasteiger partial charge in [0, 0.05) is 30.7 Å². The van der Waals surface area contributed by atoms with E-state index in [4.69, 9.17) is 0 Å². The van der Waals surface area contributed by atoms with Crippen LogP contribution in [0.3, 0.4) is 0 Å². The van der Waals surface area contributed by atoms with E-state index in [2.05, 4.69) is 37.5 Å². The lowest BCUT2D eigenvalue weighted by molar-refractivity contribution is 0.145. The first-order chi connectivity index (χ1) is 12.1. The van der Waals surface area contributed by atoms with E-state index in [9.17, 15) is 8.78 Å². The van der Waals surface area contributed by atoms with Gasteiger partial charge in [0.25, 0.3) is 6.43 Å². The second kappa shape index (κ2) is 6.55. The van der Waals surface area contributed by atoms with Gasteiger partial charge in [0.05, 0.1) is 12.4 Å². The zero-order valence-corrected chi connectivity index (χ0v) is 14.2. The first-order valence-corrected chi connectivity index (χ1v) is 8.51. The van der Waals surface area contributed by atoms with E-state index in [-0.39, 0.29) is 5.69 Å². The van der Waals surface area contributed by atoms with Crippen molar-refractivity contribution in [1.82, 2.24) is 24.3 Å². The van der Waals surface area contributed by atoms with Crippen molar-refractivity contribution >= 4 is 24.1 Å². The SMILES string of the molecule is FC(F)c1cn2c(-c3nccc(N4CCCC(S)C4)n3)cnc2cn1. The summed E-state index contributed by atoms with van der Waals surface area (Å²) in [6, 6.07) is 1.85. The normalized spacial score (nSPS) is 18.2. The van der Waals surface area contributed by atoms with Gasteiger partial charge in [-0.05, 0) is 18.9 Å². The Morgan fingerprint density at radius 1 is 1.20 bits per heavy atom. The molecule has 130 valence electrons. The van der Waals surface area contributed by atoms with Crippen molar-refractivity contribution < 1.29 is 8.78 Å². The Hall–Kier alpha value is -2.29. The van der Waals surface area contributed by atoms with Crippen molar-refractivity contribution in [3.8, 4) is 11.5 Å². The Kier molecular flexibility index (Phi) is 4.24. The summed E-state index contributed by atoms with van der Waals surface area (Å²) in [7, 11) is 0. The second-order valence-electron chi connectivity index (χ2n) is 5.97. The summed E-state index contributed by atoms with van der Waals surface area (Å²) in [6.07, 6.45) is 5.36. The van der Waals surface area contributed by atoms with E-state index < -0.39 is 6.43 Å². The third-order valence-electron chi connectivity index (χ3n) is 4.23. The maximum atomic E-state index is 12.9. The van der Waals surface area contributed by atoms with Crippen LogP contribution >= 0.6 is 12.6 Å². The van der Waals surface area contributed by atoms with Gasteiger partial charge >= 0.3 is 0 Å². The molecule has 1 unspecified atom stereocenters. The molecule has 6 nitrogen and oxygen atoms in total. The lowest BCUT2D eigenvalue weighted by Crippen LogP contribution is -2.36. The Labute approximate surface area is 148 Å². The molecule has 9 heteroatoms. The van der Waals surface area contributed by atoms with E-state index in [0.29, 0.717) is 22.4 Å². The highest BCUT2D eigenvalue weighted by Crippen LogP contribution is 2.24. The molecule has 0 bridgehead atoms. The summed E-state index contributed by atoms with van der Waals surface area (Å²) in [4.78, 5) is 19.0. The molecular formula is C16H16F2N6S. The lowest BCUT2D eigenvalue weighted by Gasteiger charge is -2.31. The van der Waals surface area contributed by atoms with Crippen molar-refractivity contribution in [2.75, 3.05) is 18.0 Å². The molecule has 0 saturated carbocycles. The monoisotopic (exact) mass is 362 g/mol. The second-order valence-corrected chi connectivity index (χ2v) is 6.70. The van der Waals surface area contributed by atoms with Crippen LogP contribution in [-0.2, 0) is 0 Å². The molecule has 4 rings (SSSR count). The number of hydrogen-bond acceptors (Lipinski definition) is 6. The van der Waals surface area contributed by atoms with Crippen LogP contribution in [0.4, 0.5) is 14.6 Å². The number of imidazole rings is 1. The van der Waals surface area contributed by atoms with Crippen LogP contribution in [0.2, 0.25) is 0 Å². The van der Waals surface area contributed by atoms with Crippen LogP contribution in [0.25, 0.3) is 17.2 Å². The van der Waals surface area contributed by atoms with Crippen molar-refractivity contribution in [2.24, 2.45) is 0 Å². The summed E-state index contributed by atoms with van der Waals surface area (Å²) in [5.74, 6) is 1.25. The molecule has 0 aliphatic carbocycles. The average Bonchev–Trinajstić information content (AvgIpc) is 3.05. The number of anilines is 1. The highest BCUT2D eigenvalue weighted by atomic mass is 32.1. The topological polar surface area (TPSA) is 59.2 Å². The smallest absolute Gasteiger partial charge is 0.281 e. The molecule has 0 N–H and O–H groups in total. The summed E-state index contributed by atoms with van der Waals surface area (Å²) >= 11 is 4.56. The van der Waals surface area contributed by atoms with Gasteiger partial charge < -0.3 is 4.90 Å². The van der Waals surface area contributed by atoms with Gasteiger partial charge in [0.2, 0.25) is 0 Å². The highest BCUT2D eigenvalue weighted by Gasteiger charge is 2.20. The van der Waals surface area contributed by atoms with Crippen LogP contribution in [0.1, 0.15) is 25.0 Å². The van der Waals surface area contributed by atoms with Gasteiger partial charge in [-0.1, -0.05) is 0 Å². The maximum absolute atomic E-state index is 12.9. The van der Waals surface area contributed by atoms with Crippen LogP contribution in [0.15, 0.2) is 30.9 Å². The van der Waals surface area contributed by atoms with Crippen LogP contribution in [0.5, 0.6) is 0 Å². The third kappa shape index (κ3) is 3.15. The van der Waals surface area contributed by atoms with E-state index >= 15 is 0 Å². The summed E-state index contributed by atoms with van der Waals surface area (Å²) in [5.41, 5.74) is 0.722. The first-order valence-electron chi connectivity index (χ1n) is 7.99. The Morgan fingerprint density at radius 2 is 2.08 bits per heavy atom. The van der Waals surface area contributed by atoms with Crippen molar-refractivity contribution in [2.45, 2.75) is 24.5 Å². The van der Waals surface area contributed by atoms with E-state index in [1.807, 2.05) is 6.07 Å². The Balaban J connectivity index is 1.73. The predicted molar refractivity (Wildman–Crippen MR) is 93.2 cm³/mol. The molecule has 0 radical (unpaired) electrons. The van der Waals surface area contributed by atoms with Gasteiger partial charge in [0.1, 0.15) is 17.2 Å². The fourth-order valence-electron chi connectivity index (χ4n) is 2.99.